The van der Waals surface area contributed by atoms with E-state index in [4.69, 9.17) is 4.74 Å². The summed E-state index contributed by atoms with van der Waals surface area (Å²) in [5, 5.41) is 6.48. The van der Waals surface area contributed by atoms with Crippen molar-refractivity contribution >= 4 is 9.84 Å². The molecular formula is C13H16FN3O3S. The molecule has 0 saturated carbocycles. The van der Waals surface area contributed by atoms with Gasteiger partial charge in [0.25, 0.3) is 0 Å². The highest BCUT2D eigenvalue weighted by atomic mass is 32.2. The van der Waals surface area contributed by atoms with E-state index in [9.17, 15) is 12.8 Å². The van der Waals surface area contributed by atoms with Crippen LogP contribution in [0.4, 0.5) is 4.39 Å². The van der Waals surface area contributed by atoms with Gasteiger partial charge in [0.1, 0.15) is 29.0 Å². The molecule has 0 bridgehead atoms. The van der Waals surface area contributed by atoms with Gasteiger partial charge >= 0.3 is 0 Å². The molecule has 1 heterocycles. The van der Waals surface area contributed by atoms with Gasteiger partial charge in [-0.15, -0.1) is 0 Å². The molecule has 2 aromatic rings. The molecule has 0 fully saturated rings. The Morgan fingerprint density at radius 2 is 2.10 bits per heavy atom. The highest BCUT2D eigenvalue weighted by molar-refractivity contribution is 7.89. The minimum atomic E-state index is -3.51. The Hall–Kier alpha value is -1.96. The Morgan fingerprint density at radius 1 is 1.33 bits per heavy atom. The van der Waals surface area contributed by atoms with E-state index in [1.807, 2.05) is 6.92 Å². The fourth-order valence-corrected chi connectivity index (χ4v) is 3.26. The number of nitrogens with one attached hydrogen (secondary N) is 1. The number of benzene rings is 1. The summed E-state index contributed by atoms with van der Waals surface area (Å²) < 4.78 is 42.7. The molecule has 1 N–H and O–H groups in total. The number of aryl methyl sites for hydroxylation is 1. The summed E-state index contributed by atoms with van der Waals surface area (Å²) in [5.74, 6) is 0.0712. The van der Waals surface area contributed by atoms with Crippen LogP contribution >= 0.6 is 0 Å². The fraction of sp³-hybridized carbons (Fsp3) is 0.385. The molecule has 2 rings (SSSR count). The molecular weight excluding hydrogens is 297 g/mol. The first-order chi connectivity index (χ1) is 9.93. The summed E-state index contributed by atoms with van der Waals surface area (Å²) in [5.41, 5.74) is 0.285. The van der Waals surface area contributed by atoms with E-state index in [-0.39, 0.29) is 22.9 Å². The molecule has 0 unspecified atom stereocenters. The molecule has 0 aliphatic rings. The van der Waals surface area contributed by atoms with Gasteiger partial charge in [-0.25, -0.2) is 17.8 Å². The lowest BCUT2D eigenvalue weighted by Crippen LogP contribution is -2.10. The van der Waals surface area contributed by atoms with E-state index in [1.165, 1.54) is 19.2 Å². The Balaban J connectivity index is 2.19. The monoisotopic (exact) mass is 313 g/mol. The Morgan fingerprint density at radius 3 is 2.71 bits per heavy atom. The predicted octanol–water partition coefficient (Wildman–Crippen LogP) is 1.63. The van der Waals surface area contributed by atoms with Crippen LogP contribution in [0.5, 0.6) is 5.75 Å². The van der Waals surface area contributed by atoms with Gasteiger partial charge in [0.15, 0.2) is 9.84 Å². The maximum atomic E-state index is 13.3. The van der Waals surface area contributed by atoms with Crippen LogP contribution in [0.2, 0.25) is 0 Å². The zero-order chi connectivity index (χ0) is 15.5. The predicted molar refractivity (Wildman–Crippen MR) is 75.0 cm³/mol. The van der Waals surface area contributed by atoms with Gasteiger partial charge in [-0.3, -0.25) is 5.10 Å². The molecule has 1 aromatic heterocycles. The average molecular weight is 313 g/mol. The van der Waals surface area contributed by atoms with Gasteiger partial charge in [-0.05, 0) is 18.2 Å². The van der Waals surface area contributed by atoms with Crippen molar-refractivity contribution in [3.8, 4) is 5.75 Å². The molecule has 0 spiro atoms. The van der Waals surface area contributed by atoms with Crippen LogP contribution in [0.25, 0.3) is 0 Å². The van der Waals surface area contributed by atoms with Crippen molar-refractivity contribution in [1.29, 1.82) is 0 Å². The second kappa shape index (κ2) is 6.21. The first-order valence-corrected chi connectivity index (χ1v) is 8.18. The van der Waals surface area contributed by atoms with Crippen molar-refractivity contribution in [1.82, 2.24) is 15.2 Å². The lowest BCUT2D eigenvalue weighted by atomic mass is 10.2. The maximum absolute atomic E-state index is 13.3. The zero-order valence-corrected chi connectivity index (χ0v) is 12.6. The van der Waals surface area contributed by atoms with Crippen LogP contribution in [0.3, 0.4) is 0 Å². The quantitative estimate of drug-likeness (QED) is 0.876. The van der Waals surface area contributed by atoms with Crippen molar-refractivity contribution in [2.45, 2.75) is 24.9 Å². The normalized spacial score (nSPS) is 11.6. The summed E-state index contributed by atoms with van der Waals surface area (Å²) in [6.45, 7) is 1.87. The van der Waals surface area contributed by atoms with E-state index in [2.05, 4.69) is 15.2 Å². The number of hydrogen-bond acceptors (Lipinski definition) is 5. The number of ether oxygens (including phenoxy) is 1. The Bertz CT molecular complexity index is 728. The molecule has 0 aliphatic carbocycles. The van der Waals surface area contributed by atoms with E-state index in [1.54, 1.807) is 0 Å². The SMILES string of the molecule is CCc1n[nH]c(CS(=O)(=O)Cc2cc(F)ccc2OC)n1. The number of aromatic amines is 1. The standard InChI is InChI=1S/C13H16FN3O3S/c1-3-12-15-13(17-16-12)8-21(18,19)7-9-6-10(14)4-5-11(9)20-2/h4-6H,3,7-8H2,1-2H3,(H,15,16,17). The van der Waals surface area contributed by atoms with Gasteiger partial charge in [0, 0.05) is 12.0 Å². The molecule has 6 nitrogen and oxygen atoms in total. The van der Waals surface area contributed by atoms with Crippen LogP contribution in [-0.2, 0) is 27.8 Å². The molecule has 1 aromatic carbocycles. The van der Waals surface area contributed by atoms with Gasteiger partial charge in [0.2, 0.25) is 0 Å². The minimum absolute atomic E-state index is 0.278. The van der Waals surface area contributed by atoms with E-state index >= 15 is 0 Å². The van der Waals surface area contributed by atoms with Gasteiger partial charge < -0.3 is 4.74 Å². The van der Waals surface area contributed by atoms with Crippen molar-refractivity contribution in [3.05, 3.63) is 41.2 Å². The summed E-state index contributed by atoms with van der Waals surface area (Å²) in [4.78, 5) is 4.06. The highest BCUT2D eigenvalue weighted by Gasteiger charge is 2.18. The van der Waals surface area contributed by atoms with E-state index in [0.29, 0.717) is 18.0 Å². The van der Waals surface area contributed by atoms with Crippen LogP contribution in [0.15, 0.2) is 18.2 Å². The molecule has 0 radical (unpaired) electrons. The number of aromatic nitrogens is 3. The van der Waals surface area contributed by atoms with Crippen molar-refractivity contribution < 1.29 is 17.5 Å². The number of hydrogen-bond donors (Lipinski definition) is 1. The third-order valence-electron chi connectivity index (χ3n) is 2.87. The third-order valence-corrected chi connectivity index (χ3v) is 4.33. The fourth-order valence-electron chi connectivity index (χ4n) is 1.91. The van der Waals surface area contributed by atoms with Crippen molar-refractivity contribution in [3.63, 3.8) is 0 Å². The summed E-state index contributed by atoms with van der Waals surface area (Å²) in [6.07, 6.45) is 0.619. The molecule has 0 atom stereocenters. The molecule has 0 amide bonds. The topological polar surface area (TPSA) is 84.9 Å². The van der Waals surface area contributed by atoms with E-state index < -0.39 is 15.7 Å². The van der Waals surface area contributed by atoms with Crippen LogP contribution in [-0.4, -0.2) is 30.7 Å². The second-order valence-electron chi connectivity index (χ2n) is 4.54. The zero-order valence-electron chi connectivity index (χ0n) is 11.8. The smallest absolute Gasteiger partial charge is 0.161 e. The lowest BCUT2D eigenvalue weighted by molar-refractivity contribution is 0.409. The first kappa shape index (κ1) is 15.4. The number of halogens is 1. The van der Waals surface area contributed by atoms with Crippen molar-refractivity contribution in [2.24, 2.45) is 0 Å². The average Bonchev–Trinajstić information content (AvgIpc) is 2.85. The Labute approximate surface area is 122 Å². The van der Waals surface area contributed by atoms with Crippen LogP contribution in [0.1, 0.15) is 24.1 Å². The van der Waals surface area contributed by atoms with Gasteiger partial charge in [0.05, 0.1) is 12.9 Å². The minimum Gasteiger partial charge on any atom is -0.496 e. The first-order valence-electron chi connectivity index (χ1n) is 6.36. The summed E-state index contributed by atoms with van der Waals surface area (Å²) in [7, 11) is -2.10. The van der Waals surface area contributed by atoms with Crippen LogP contribution in [0, 0.1) is 5.82 Å². The number of rotatable bonds is 6. The maximum Gasteiger partial charge on any atom is 0.161 e. The highest BCUT2D eigenvalue weighted by Crippen LogP contribution is 2.22. The van der Waals surface area contributed by atoms with Gasteiger partial charge in [-0.1, -0.05) is 6.92 Å². The molecule has 8 heteroatoms. The largest absolute Gasteiger partial charge is 0.496 e. The molecule has 0 saturated heterocycles. The number of H-pyrrole nitrogens is 1. The van der Waals surface area contributed by atoms with Crippen LogP contribution < -0.4 is 4.74 Å². The second-order valence-corrected chi connectivity index (χ2v) is 6.60. The number of nitrogens with zero attached hydrogens (tertiary/aromatic N) is 2. The summed E-state index contributed by atoms with van der Waals surface area (Å²) in [6, 6.07) is 3.79. The third kappa shape index (κ3) is 4.01. The number of methoxy groups -OCH3 is 1. The van der Waals surface area contributed by atoms with Gasteiger partial charge in [-0.2, -0.15) is 5.10 Å². The molecule has 114 valence electrons. The summed E-state index contributed by atoms with van der Waals surface area (Å²) >= 11 is 0. The molecule has 21 heavy (non-hydrogen) atoms. The molecule has 0 aliphatic heterocycles. The number of sulfone groups is 1. The van der Waals surface area contributed by atoms with Crippen molar-refractivity contribution in [2.75, 3.05) is 7.11 Å². The Kier molecular flexibility index (Phi) is 4.56. The van der Waals surface area contributed by atoms with E-state index in [0.717, 1.165) is 6.07 Å². The lowest BCUT2D eigenvalue weighted by Gasteiger charge is -2.08.